The Morgan fingerprint density at radius 3 is 2.85 bits per heavy atom. The molecule has 0 saturated heterocycles. The van der Waals surface area contributed by atoms with Gasteiger partial charge in [0.2, 0.25) is 5.91 Å². The summed E-state index contributed by atoms with van der Waals surface area (Å²) in [5, 5.41) is 4.35. The van der Waals surface area contributed by atoms with E-state index in [9.17, 15) is 9.59 Å². The van der Waals surface area contributed by atoms with Crippen molar-refractivity contribution in [1.29, 1.82) is 0 Å². The first-order valence-electron chi connectivity index (χ1n) is 9.25. The van der Waals surface area contributed by atoms with E-state index in [1.807, 2.05) is 30.3 Å². The topological polar surface area (TPSA) is 64.0 Å². The molecule has 0 spiro atoms. The summed E-state index contributed by atoms with van der Waals surface area (Å²) >= 11 is 2.97. The van der Waals surface area contributed by atoms with Gasteiger partial charge in [-0.3, -0.25) is 14.2 Å². The zero-order valence-corrected chi connectivity index (χ0v) is 16.4. The Morgan fingerprint density at radius 1 is 1.26 bits per heavy atom. The number of aromatic nitrogens is 2. The van der Waals surface area contributed by atoms with Crippen molar-refractivity contribution in [2.24, 2.45) is 0 Å². The quantitative estimate of drug-likeness (QED) is 0.530. The van der Waals surface area contributed by atoms with Crippen molar-refractivity contribution < 1.29 is 4.79 Å². The fourth-order valence-electron chi connectivity index (χ4n) is 3.55. The molecular weight excluding hydrogens is 378 g/mol. The number of para-hydroxylation sites is 1. The van der Waals surface area contributed by atoms with Crippen molar-refractivity contribution in [3.63, 3.8) is 0 Å². The normalized spacial score (nSPS) is 15.9. The van der Waals surface area contributed by atoms with Crippen LogP contribution in [0.3, 0.4) is 0 Å². The van der Waals surface area contributed by atoms with E-state index in [0.29, 0.717) is 11.2 Å². The van der Waals surface area contributed by atoms with Gasteiger partial charge in [0, 0.05) is 10.9 Å². The Bertz CT molecular complexity index is 1080. The van der Waals surface area contributed by atoms with Crippen molar-refractivity contribution in [2.75, 3.05) is 5.75 Å². The maximum absolute atomic E-state index is 13.4. The second kappa shape index (κ2) is 6.80. The van der Waals surface area contributed by atoms with Crippen molar-refractivity contribution in [3.8, 4) is 5.69 Å². The first-order valence-corrected chi connectivity index (χ1v) is 11.1. The molecule has 5 rings (SSSR count). The van der Waals surface area contributed by atoms with Gasteiger partial charge in [0.25, 0.3) is 5.56 Å². The predicted octanol–water partition coefficient (Wildman–Crippen LogP) is 3.31. The Hall–Kier alpha value is -2.12. The summed E-state index contributed by atoms with van der Waals surface area (Å²) in [7, 11) is 0. The molecule has 27 heavy (non-hydrogen) atoms. The van der Waals surface area contributed by atoms with Crippen molar-refractivity contribution >= 4 is 39.2 Å². The van der Waals surface area contributed by atoms with Crippen molar-refractivity contribution in [2.45, 2.75) is 43.3 Å². The Morgan fingerprint density at radius 2 is 2.07 bits per heavy atom. The molecule has 0 unspecified atom stereocenters. The summed E-state index contributed by atoms with van der Waals surface area (Å²) in [4.78, 5) is 32.5. The lowest BCUT2D eigenvalue weighted by Gasteiger charge is -2.12. The smallest absolute Gasteiger partial charge is 0.267 e. The monoisotopic (exact) mass is 397 g/mol. The fraction of sp³-hybridized carbons (Fsp3) is 0.350. The van der Waals surface area contributed by atoms with E-state index >= 15 is 0 Å². The molecule has 1 aromatic carbocycles. The lowest BCUT2D eigenvalue weighted by Crippen LogP contribution is -2.28. The van der Waals surface area contributed by atoms with Crippen LogP contribution >= 0.6 is 23.1 Å². The summed E-state index contributed by atoms with van der Waals surface area (Å²) in [5.41, 5.74) is 1.95. The highest BCUT2D eigenvalue weighted by atomic mass is 32.2. The van der Waals surface area contributed by atoms with Gasteiger partial charge in [-0.15, -0.1) is 11.3 Å². The van der Waals surface area contributed by atoms with E-state index < -0.39 is 0 Å². The van der Waals surface area contributed by atoms with Gasteiger partial charge >= 0.3 is 0 Å². The molecule has 1 fully saturated rings. The highest BCUT2D eigenvalue weighted by Gasteiger charge is 2.25. The molecule has 138 valence electrons. The minimum Gasteiger partial charge on any atom is -0.353 e. The zero-order valence-electron chi connectivity index (χ0n) is 14.7. The van der Waals surface area contributed by atoms with E-state index in [-0.39, 0.29) is 17.2 Å². The number of hydrogen-bond acceptors (Lipinski definition) is 5. The third kappa shape index (κ3) is 3.19. The summed E-state index contributed by atoms with van der Waals surface area (Å²) in [6.45, 7) is 0. The van der Waals surface area contributed by atoms with Gasteiger partial charge in [-0.1, -0.05) is 30.0 Å². The van der Waals surface area contributed by atoms with E-state index in [0.717, 1.165) is 48.0 Å². The first kappa shape index (κ1) is 17.0. The van der Waals surface area contributed by atoms with Crippen LogP contribution in [0.25, 0.3) is 15.9 Å². The van der Waals surface area contributed by atoms with Gasteiger partial charge < -0.3 is 5.32 Å². The number of carbonyl (C=O) groups is 1. The van der Waals surface area contributed by atoms with Crippen LogP contribution in [0.2, 0.25) is 0 Å². The number of fused-ring (bicyclic) bond motifs is 3. The lowest BCUT2D eigenvalue weighted by molar-refractivity contribution is -0.118. The molecule has 0 aliphatic heterocycles. The molecule has 1 N–H and O–H groups in total. The average Bonchev–Trinajstić information content (AvgIpc) is 3.24. The maximum Gasteiger partial charge on any atom is 0.267 e. The average molecular weight is 398 g/mol. The highest BCUT2D eigenvalue weighted by molar-refractivity contribution is 7.99. The van der Waals surface area contributed by atoms with Crippen LogP contribution in [0.4, 0.5) is 0 Å². The van der Waals surface area contributed by atoms with Crippen LogP contribution < -0.4 is 10.9 Å². The number of rotatable bonds is 5. The van der Waals surface area contributed by atoms with Gasteiger partial charge in [-0.05, 0) is 49.8 Å². The number of amides is 1. The molecule has 5 nitrogen and oxygen atoms in total. The number of thiophene rings is 1. The maximum atomic E-state index is 13.4. The van der Waals surface area contributed by atoms with Crippen molar-refractivity contribution in [1.82, 2.24) is 14.9 Å². The minimum atomic E-state index is -0.0179. The molecule has 7 heteroatoms. The van der Waals surface area contributed by atoms with E-state index in [1.165, 1.54) is 22.2 Å². The number of benzene rings is 1. The molecule has 2 aromatic heterocycles. The van der Waals surface area contributed by atoms with Gasteiger partial charge in [-0.25, -0.2) is 4.98 Å². The number of carbonyl (C=O) groups excluding carboxylic acids is 1. The molecule has 0 radical (unpaired) electrons. The minimum absolute atomic E-state index is 0.00475. The molecule has 0 bridgehead atoms. The molecule has 1 amide bonds. The van der Waals surface area contributed by atoms with Gasteiger partial charge in [-0.2, -0.15) is 0 Å². The van der Waals surface area contributed by atoms with Crippen LogP contribution in [0.15, 0.2) is 40.3 Å². The number of thioether (sulfide) groups is 1. The largest absolute Gasteiger partial charge is 0.353 e. The van der Waals surface area contributed by atoms with Crippen LogP contribution in [-0.2, 0) is 17.6 Å². The Kier molecular flexibility index (Phi) is 4.28. The third-order valence-electron chi connectivity index (χ3n) is 5.00. The molecule has 2 aliphatic carbocycles. The standard InChI is InChI=1S/C20H19N3O2S2/c24-16(21-12-9-10-12)11-26-20-22-18-17(14-7-4-8-15(14)27-18)19(25)23(20)13-5-2-1-3-6-13/h1-3,5-6,12H,4,7-11H2,(H,21,24). The Labute approximate surface area is 164 Å². The zero-order chi connectivity index (χ0) is 18.4. The number of nitrogens with zero attached hydrogens (tertiary/aromatic N) is 2. The van der Waals surface area contributed by atoms with Gasteiger partial charge in [0.05, 0.1) is 16.8 Å². The molecule has 0 atom stereocenters. The van der Waals surface area contributed by atoms with Crippen LogP contribution in [0.5, 0.6) is 0 Å². The van der Waals surface area contributed by atoms with Crippen molar-refractivity contribution in [3.05, 3.63) is 51.1 Å². The molecule has 3 aromatic rings. The molecular formula is C20H19N3O2S2. The summed E-state index contributed by atoms with van der Waals surface area (Å²) in [6.07, 6.45) is 5.23. The second-order valence-electron chi connectivity index (χ2n) is 7.04. The molecule has 1 saturated carbocycles. The van der Waals surface area contributed by atoms with Crippen LogP contribution in [0, 0.1) is 0 Å². The fourth-order valence-corrected chi connectivity index (χ4v) is 5.68. The van der Waals surface area contributed by atoms with Crippen LogP contribution in [0.1, 0.15) is 29.7 Å². The summed E-state index contributed by atoms with van der Waals surface area (Å²) in [5.74, 6) is 0.275. The number of hydrogen-bond donors (Lipinski definition) is 1. The number of nitrogens with one attached hydrogen (secondary N) is 1. The van der Waals surface area contributed by atoms with E-state index in [4.69, 9.17) is 4.98 Å². The summed E-state index contributed by atoms with van der Waals surface area (Å²) < 4.78 is 1.67. The van der Waals surface area contributed by atoms with Gasteiger partial charge in [0.15, 0.2) is 5.16 Å². The molecule has 2 heterocycles. The van der Waals surface area contributed by atoms with Gasteiger partial charge in [0.1, 0.15) is 4.83 Å². The predicted molar refractivity (Wildman–Crippen MR) is 109 cm³/mol. The van der Waals surface area contributed by atoms with E-state index in [2.05, 4.69) is 5.32 Å². The molecule has 2 aliphatic rings. The van der Waals surface area contributed by atoms with Crippen LogP contribution in [-0.4, -0.2) is 27.3 Å². The second-order valence-corrected chi connectivity index (χ2v) is 9.06. The number of aryl methyl sites for hydroxylation is 2. The SMILES string of the molecule is O=C(CSc1nc2sc3c(c2c(=O)n1-c1ccccc1)CCC3)NC1CC1. The van der Waals surface area contributed by atoms with E-state index in [1.54, 1.807) is 15.9 Å². The lowest BCUT2D eigenvalue weighted by atomic mass is 10.2. The Balaban J connectivity index is 1.59. The highest BCUT2D eigenvalue weighted by Crippen LogP contribution is 2.36. The first-order chi connectivity index (χ1) is 13.2. The summed E-state index contributed by atoms with van der Waals surface area (Å²) in [6, 6.07) is 9.92. The third-order valence-corrected chi connectivity index (χ3v) is 7.12.